The maximum absolute atomic E-state index is 14.3. The Morgan fingerprint density at radius 2 is 1.46 bits per heavy atom. The molecule has 0 radical (unpaired) electrons. The smallest absolute Gasteiger partial charge is 0.243 e. The van der Waals surface area contributed by atoms with Crippen LogP contribution in [0.1, 0.15) is 80.5 Å². The highest BCUT2D eigenvalue weighted by molar-refractivity contribution is 14.1. The van der Waals surface area contributed by atoms with E-state index in [1.807, 2.05) is 47.1 Å². The minimum atomic E-state index is -4.27. The number of anilines is 1. The second-order valence-corrected chi connectivity index (χ2v) is 18.1. The molecule has 9 nitrogen and oxygen atoms in total. The topological polar surface area (TPSA) is 113 Å². The number of hydrogen-bond acceptors (Lipinski definition) is 5. The lowest BCUT2D eigenvalue weighted by atomic mass is 9.76. The van der Waals surface area contributed by atoms with Crippen molar-refractivity contribution < 1.29 is 18.0 Å². The van der Waals surface area contributed by atoms with Crippen LogP contribution in [-0.4, -0.2) is 53.8 Å². The molecule has 0 aliphatic carbocycles. The minimum absolute atomic E-state index is 0.0887. The quantitative estimate of drug-likeness (QED) is 0.0804. The van der Waals surface area contributed by atoms with Gasteiger partial charge in [0.1, 0.15) is 16.5 Å². The first-order valence-corrected chi connectivity index (χ1v) is 22.6. The Morgan fingerprint density at radius 1 is 0.911 bits per heavy atom. The van der Waals surface area contributed by atoms with E-state index in [4.69, 9.17) is 4.98 Å². The normalized spacial score (nSPS) is 14.4. The maximum Gasteiger partial charge on any atom is 0.243 e. The van der Waals surface area contributed by atoms with Crippen LogP contribution >= 0.6 is 38.5 Å². The van der Waals surface area contributed by atoms with E-state index in [1.165, 1.54) is 6.07 Å². The largest absolute Gasteiger partial charge is 0.341 e. The lowest BCUT2D eigenvalue weighted by Crippen LogP contribution is -2.50. The van der Waals surface area contributed by atoms with Crippen LogP contribution in [0.15, 0.2) is 119 Å². The Hall–Kier alpha value is -3.85. The number of aryl methyl sites for hydroxylation is 1. The Kier molecular flexibility index (Phi) is 13.9. The number of aromatic nitrogens is 2. The van der Waals surface area contributed by atoms with Gasteiger partial charge in [-0.3, -0.25) is 9.59 Å². The van der Waals surface area contributed by atoms with Crippen molar-refractivity contribution in [3.05, 3.63) is 146 Å². The molecule has 1 aliphatic rings. The number of benzene rings is 4. The van der Waals surface area contributed by atoms with Crippen LogP contribution in [0.5, 0.6) is 0 Å². The van der Waals surface area contributed by atoms with Gasteiger partial charge in [0.05, 0.1) is 17.7 Å². The molecular weight excluding hydrogens is 901 g/mol. The number of nitrogens with zero attached hydrogens (tertiary/aromatic N) is 3. The molecule has 294 valence electrons. The van der Waals surface area contributed by atoms with Crippen LogP contribution in [0.4, 0.5) is 5.69 Å². The zero-order valence-corrected chi connectivity index (χ0v) is 36.6. The molecule has 5 aromatic rings. The standard InChI is InChI=1S/C44H49BrIN5O4S/c1-4-32-24-26-50(27-25-32)43(53)39(49-56(54,55)40-29-36(45)28-37(46)42(40)48-41(52)5-2)23-15-22-38-31(3)51(30-47-38)44(33-16-9-6-10-17-33,34-18-11-7-12-19-34)35-20-13-8-14-21-35/h6-14,16-21,28-30,32,39,49H,4-5,15,22-27H2,1-3H3,(H,48,52)/t39-/m0/s1. The number of likely N-dealkylation sites (tertiary alicyclic amines) is 1. The molecule has 1 aliphatic heterocycles. The number of sulfonamides is 1. The molecule has 1 fully saturated rings. The van der Waals surface area contributed by atoms with Crippen LogP contribution in [0.2, 0.25) is 0 Å². The van der Waals surface area contributed by atoms with E-state index in [-0.39, 0.29) is 35.2 Å². The third kappa shape index (κ3) is 8.98. The summed E-state index contributed by atoms with van der Waals surface area (Å²) in [4.78, 5) is 33.4. The predicted octanol–water partition coefficient (Wildman–Crippen LogP) is 9.07. The molecule has 2 amide bonds. The van der Waals surface area contributed by atoms with Crippen molar-refractivity contribution in [2.24, 2.45) is 5.92 Å². The molecule has 0 bridgehead atoms. The van der Waals surface area contributed by atoms with Gasteiger partial charge in [0.15, 0.2) is 0 Å². The molecule has 0 saturated carbocycles. The average Bonchev–Trinajstić information content (AvgIpc) is 3.58. The van der Waals surface area contributed by atoms with E-state index in [0.29, 0.717) is 39.9 Å². The zero-order valence-electron chi connectivity index (χ0n) is 32.0. The average molecular weight is 951 g/mol. The highest BCUT2D eigenvalue weighted by atomic mass is 127. The highest BCUT2D eigenvalue weighted by Crippen LogP contribution is 2.42. The molecular formula is C44H49BrIN5O4S. The molecule has 1 aromatic heterocycles. The summed E-state index contributed by atoms with van der Waals surface area (Å²) in [6, 6.07) is 33.5. The molecule has 6 rings (SSSR count). The number of imidazole rings is 1. The van der Waals surface area contributed by atoms with Crippen LogP contribution < -0.4 is 10.0 Å². The van der Waals surface area contributed by atoms with Crippen molar-refractivity contribution in [1.82, 2.24) is 19.2 Å². The number of rotatable bonds is 15. The second-order valence-electron chi connectivity index (χ2n) is 14.4. The lowest BCUT2D eigenvalue weighted by Gasteiger charge is -2.38. The number of carbonyl (C=O) groups excluding carboxylic acids is 2. The van der Waals surface area contributed by atoms with E-state index in [0.717, 1.165) is 47.3 Å². The van der Waals surface area contributed by atoms with Crippen LogP contribution in [0, 0.1) is 16.4 Å². The first-order chi connectivity index (χ1) is 27.0. The van der Waals surface area contributed by atoms with E-state index >= 15 is 0 Å². The Labute approximate surface area is 353 Å². The molecule has 56 heavy (non-hydrogen) atoms. The number of hydrogen-bond donors (Lipinski definition) is 2. The Bertz CT molecular complexity index is 2130. The van der Waals surface area contributed by atoms with Gasteiger partial charge < -0.3 is 14.8 Å². The second kappa shape index (κ2) is 18.6. The SMILES string of the molecule is CCC(=O)Nc1c(I)cc(Br)cc1S(=O)(=O)N[C@@H](CCCc1ncn(C(c2ccccc2)(c2ccccc2)c2ccccc2)c1C)C(=O)N1CCC(CC)CC1. The molecule has 0 unspecified atom stereocenters. The van der Waals surface area contributed by atoms with Crippen molar-refractivity contribution in [3.8, 4) is 0 Å². The molecule has 2 N–H and O–H groups in total. The van der Waals surface area contributed by atoms with Gasteiger partial charge in [0.2, 0.25) is 21.8 Å². The summed E-state index contributed by atoms with van der Waals surface area (Å²) >= 11 is 5.45. The first kappa shape index (κ1) is 41.8. The van der Waals surface area contributed by atoms with Gasteiger partial charge in [-0.2, -0.15) is 4.72 Å². The third-order valence-corrected chi connectivity index (χ3v) is 13.7. The number of amides is 2. The summed E-state index contributed by atoms with van der Waals surface area (Å²) in [5.74, 6) is 0.0136. The molecule has 4 aromatic carbocycles. The number of nitrogens with one attached hydrogen (secondary N) is 2. The number of halogens is 2. The summed E-state index contributed by atoms with van der Waals surface area (Å²) < 4.78 is 34.7. The Balaban J connectivity index is 1.33. The maximum atomic E-state index is 14.3. The van der Waals surface area contributed by atoms with E-state index in [1.54, 1.807) is 17.9 Å². The monoisotopic (exact) mass is 949 g/mol. The number of piperidine rings is 1. The highest BCUT2D eigenvalue weighted by Gasteiger charge is 2.40. The first-order valence-electron chi connectivity index (χ1n) is 19.3. The van der Waals surface area contributed by atoms with Gasteiger partial charge in [0.25, 0.3) is 0 Å². The fourth-order valence-corrected chi connectivity index (χ4v) is 11.2. The molecule has 12 heteroatoms. The predicted molar refractivity (Wildman–Crippen MR) is 234 cm³/mol. The molecule has 2 heterocycles. The molecule has 1 saturated heterocycles. The van der Waals surface area contributed by atoms with Crippen molar-refractivity contribution in [1.29, 1.82) is 0 Å². The molecule has 1 atom stereocenters. The van der Waals surface area contributed by atoms with Crippen molar-refractivity contribution in [2.75, 3.05) is 18.4 Å². The van der Waals surface area contributed by atoms with Gasteiger partial charge in [0, 0.05) is 33.2 Å². The number of carbonyl (C=O) groups is 2. The summed E-state index contributed by atoms with van der Waals surface area (Å²) in [6.45, 7) is 7.13. The lowest BCUT2D eigenvalue weighted by molar-refractivity contribution is -0.134. The fraction of sp³-hybridized carbons (Fsp3) is 0.341. The Morgan fingerprint density at radius 3 is 1.98 bits per heavy atom. The van der Waals surface area contributed by atoms with Crippen molar-refractivity contribution in [2.45, 2.75) is 82.2 Å². The summed E-state index contributed by atoms with van der Waals surface area (Å²) in [6.07, 6.45) is 6.23. The zero-order chi connectivity index (χ0) is 39.9. The summed E-state index contributed by atoms with van der Waals surface area (Å²) in [7, 11) is -4.27. The van der Waals surface area contributed by atoms with Crippen LogP contribution in [0.25, 0.3) is 0 Å². The van der Waals surface area contributed by atoms with Crippen molar-refractivity contribution >= 4 is 66.0 Å². The third-order valence-electron chi connectivity index (χ3n) is 10.9. The van der Waals surface area contributed by atoms with Gasteiger partial charge in [-0.1, -0.05) is 127 Å². The van der Waals surface area contributed by atoms with E-state index in [2.05, 4.69) is 117 Å². The molecule has 0 spiro atoms. The van der Waals surface area contributed by atoms with E-state index < -0.39 is 21.6 Å². The van der Waals surface area contributed by atoms with Crippen LogP contribution in [-0.2, 0) is 31.6 Å². The minimum Gasteiger partial charge on any atom is -0.341 e. The van der Waals surface area contributed by atoms with Gasteiger partial charge in [-0.05, 0) is 96.4 Å². The summed E-state index contributed by atoms with van der Waals surface area (Å²) in [5.41, 5.74) is 4.61. The summed E-state index contributed by atoms with van der Waals surface area (Å²) in [5, 5.41) is 2.77. The van der Waals surface area contributed by atoms with Crippen molar-refractivity contribution in [3.63, 3.8) is 0 Å². The van der Waals surface area contributed by atoms with Gasteiger partial charge in [-0.15, -0.1) is 0 Å². The fourth-order valence-electron chi connectivity index (χ4n) is 7.84. The van der Waals surface area contributed by atoms with E-state index in [9.17, 15) is 18.0 Å². The van der Waals surface area contributed by atoms with Crippen LogP contribution in [0.3, 0.4) is 0 Å². The van der Waals surface area contributed by atoms with Gasteiger partial charge >= 0.3 is 0 Å². The van der Waals surface area contributed by atoms with Gasteiger partial charge in [-0.25, -0.2) is 13.4 Å².